The standard InChI is InChI=1S/C18H15F3N2/c1-2-12-6-7-16-15(10-12)17(8-9-22-16)23-14-5-3-4-13(11-14)18(19,20)21/h3-11H,2H2,1H3,(H,22,23). The van der Waals surface area contributed by atoms with Crippen LogP contribution in [0.25, 0.3) is 10.9 Å². The molecule has 1 heterocycles. The number of benzene rings is 2. The van der Waals surface area contributed by atoms with Crippen LogP contribution >= 0.6 is 0 Å². The molecule has 2 aromatic carbocycles. The van der Waals surface area contributed by atoms with Gasteiger partial charge in [-0.15, -0.1) is 0 Å². The second kappa shape index (κ2) is 5.91. The van der Waals surface area contributed by atoms with Gasteiger partial charge in [-0.2, -0.15) is 13.2 Å². The van der Waals surface area contributed by atoms with E-state index in [2.05, 4.69) is 17.2 Å². The summed E-state index contributed by atoms with van der Waals surface area (Å²) in [5.41, 5.74) is 2.42. The third kappa shape index (κ3) is 3.28. The van der Waals surface area contributed by atoms with Gasteiger partial charge < -0.3 is 5.32 Å². The summed E-state index contributed by atoms with van der Waals surface area (Å²) < 4.78 is 38.5. The first-order valence-electron chi connectivity index (χ1n) is 7.29. The van der Waals surface area contributed by atoms with Crippen LogP contribution in [0, 0.1) is 0 Å². The molecule has 0 amide bonds. The number of rotatable bonds is 3. The topological polar surface area (TPSA) is 24.9 Å². The Morgan fingerprint density at radius 2 is 1.87 bits per heavy atom. The summed E-state index contributed by atoms with van der Waals surface area (Å²) in [6, 6.07) is 12.9. The SMILES string of the molecule is CCc1ccc2nccc(Nc3cccc(C(F)(F)F)c3)c2c1. The normalized spacial score (nSPS) is 11.7. The maximum absolute atomic E-state index is 12.8. The highest BCUT2D eigenvalue weighted by molar-refractivity contribution is 5.93. The fourth-order valence-electron chi connectivity index (χ4n) is 2.45. The fourth-order valence-corrected chi connectivity index (χ4v) is 2.45. The van der Waals surface area contributed by atoms with Crippen molar-refractivity contribution in [2.45, 2.75) is 19.5 Å². The molecule has 23 heavy (non-hydrogen) atoms. The third-order valence-corrected chi connectivity index (χ3v) is 3.68. The minimum atomic E-state index is -4.35. The number of anilines is 2. The Morgan fingerprint density at radius 1 is 1.04 bits per heavy atom. The number of nitrogens with one attached hydrogen (secondary N) is 1. The van der Waals surface area contributed by atoms with Gasteiger partial charge in [0.1, 0.15) is 0 Å². The Kier molecular flexibility index (Phi) is 3.94. The molecule has 0 atom stereocenters. The summed E-state index contributed by atoms with van der Waals surface area (Å²) >= 11 is 0. The van der Waals surface area contributed by atoms with Gasteiger partial charge in [0, 0.05) is 23.0 Å². The van der Waals surface area contributed by atoms with Crippen LogP contribution in [-0.4, -0.2) is 4.98 Å². The zero-order valence-electron chi connectivity index (χ0n) is 12.5. The number of fused-ring (bicyclic) bond motifs is 1. The predicted octanol–water partition coefficient (Wildman–Crippen LogP) is 5.56. The van der Waals surface area contributed by atoms with Gasteiger partial charge in [0.2, 0.25) is 0 Å². The summed E-state index contributed by atoms with van der Waals surface area (Å²) in [6.07, 6.45) is -1.83. The lowest BCUT2D eigenvalue weighted by molar-refractivity contribution is -0.137. The molecule has 1 N–H and O–H groups in total. The molecule has 118 valence electrons. The van der Waals surface area contributed by atoms with E-state index in [1.165, 1.54) is 6.07 Å². The van der Waals surface area contributed by atoms with Crippen LogP contribution < -0.4 is 5.32 Å². The molecular weight excluding hydrogens is 301 g/mol. The van der Waals surface area contributed by atoms with Crippen LogP contribution in [0.15, 0.2) is 54.7 Å². The van der Waals surface area contributed by atoms with Gasteiger partial charge in [-0.3, -0.25) is 4.98 Å². The van der Waals surface area contributed by atoms with Gasteiger partial charge in [-0.25, -0.2) is 0 Å². The Balaban J connectivity index is 2.02. The fraction of sp³-hybridized carbons (Fsp3) is 0.167. The van der Waals surface area contributed by atoms with E-state index in [9.17, 15) is 13.2 Å². The number of hydrogen-bond donors (Lipinski definition) is 1. The van der Waals surface area contributed by atoms with E-state index < -0.39 is 11.7 Å². The number of alkyl halides is 3. The number of pyridine rings is 1. The first-order chi connectivity index (χ1) is 11.0. The average Bonchev–Trinajstić information content (AvgIpc) is 2.54. The van der Waals surface area contributed by atoms with Gasteiger partial charge in [-0.1, -0.05) is 19.1 Å². The summed E-state index contributed by atoms with van der Waals surface area (Å²) in [6.45, 7) is 2.05. The van der Waals surface area contributed by atoms with Gasteiger partial charge >= 0.3 is 6.18 Å². The molecule has 5 heteroatoms. The van der Waals surface area contributed by atoms with Crippen molar-refractivity contribution in [3.05, 3.63) is 65.9 Å². The molecule has 0 unspecified atom stereocenters. The lowest BCUT2D eigenvalue weighted by atomic mass is 10.1. The number of nitrogens with zero attached hydrogens (tertiary/aromatic N) is 1. The van der Waals surface area contributed by atoms with Crippen molar-refractivity contribution in [1.82, 2.24) is 4.98 Å². The number of halogens is 3. The molecule has 0 aliphatic heterocycles. The van der Waals surface area contributed by atoms with E-state index in [4.69, 9.17) is 0 Å². The quantitative estimate of drug-likeness (QED) is 0.684. The molecule has 0 aliphatic carbocycles. The van der Waals surface area contributed by atoms with Crippen molar-refractivity contribution in [2.24, 2.45) is 0 Å². The molecule has 2 nitrogen and oxygen atoms in total. The maximum atomic E-state index is 12.8. The Labute approximate surface area is 132 Å². The van der Waals surface area contributed by atoms with E-state index in [0.717, 1.165) is 40.7 Å². The van der Waals surface area contributed by atoms with Crippen LogP contribution in [0.1, 0.15) is 18.1 Å². The average molecular weight is 316 g/mol. The first-order valence-corrected chi connectivity index (χ1v) is 7.29. The summed E-state index contributed by atoms with van der Waals surface area (Å²) in [4.78, 5) is 4.30. The Morgan fingerprint density at radius 3 is 2.61 bits per heavy atom. The van der Waals surface area contributed by atoms with Crippen molar-refractivity contribution < 1.29 is 13.2 Å². The second-order valence-corrected chi connectivity index (χ2v) is 5.27. The number of hydrogen-bond acceptors (Lipinski definition) is 2. The van der Waals surface area contributed by atoms with Gasteiger partial charge in [0.25, 0.3) is 0 Å². The van der Waals surface area contributed by atoms with Gasteiger partial charge in [-0.05, 0) is 48.4 Å². The van der Waals surface area contributed by atoms with E-state index >= 15 is 0 Å². The third-order valence-electron chi connectivity index (χ3n) is 3.68. The molecule has 1 aromatic heterocycles. The van der Waals surface area contributed by atoms with E-state index in [1.807, 2.05) is 18.2 Å². The number of aryl methyl sites for hydroxylation is 1. The van der Waals surface area contributed by atoms with E-state index in [-0.39, 0.29) is 0 Å². The monoisotopic (exact) mass is 316 g/mol. The summed E-state index contributed by atoms with van der Waals surface area (Å²) in [5, 5.41) is 3.96. The molecule has 0 saturated heterocycles. The Hall–Kier alpha value is -2.56. The predicted molar refractivity (Wildman–Crippen MR) is 85.8 cm³/mol. The molecule has 0 saturated carbocycles. The second-order valence-electron chi connectivity index (χ2n) is 5.27. The van der Waals surface area contributed by atoms with Gasteiger partial charge in [0.15, 0.2) is 0 Å². The lowest BCUT2D eigenvalue weighted by Gasteiger charge is -2.12. The minimum absolute atomic E-state index is 0.397. The molecule has 3 rings (SSSR count). The smallest absolute Gasteiger partial charge is 0.355 e. The molecule has 0 radical (unpaired) electrons. The first kappa shape index (κ1) is 15.3. The Bertz CT molecular complexity index is 841. The van der Waals surface area contributed by atoms with E-state index in [0.29, 0.717) is 5.69 Å². The van der Waals surface area contributed by atoms with Gasteiger partial charge in [0.05, 0.1) is 11.1 Å². The van der Waals surface area contributed by atoms with E-state index in [1.54, 1.807) is 18.3 Å². The largest absolute Gasteiger partial charge is 0.416 e. The molecule has 3 aromatic rings. The molecule has 0 spiro atoms. The molecular formula is C18H15F3N2. The summed E-state index contributed by atoms with van der Waals surface area (Å²) in [5.74, 6) is 0. The van der Waals surface area contributed by atoms with Crippen molar-refractivity contribution in [2.75, 3.05) is 5.32 Å². The van der Waals surface area contributed by atoms with Crippen LogP contribution in [-0.2, 0) is 12.6 Å². The van der Waals surface area contributed by atoms with Crippen molar-refractivity contribution in [3.8, 4) is 0 Å². The zero-order chi connectivity index (χ0) is 16.4. The van der Waals surface area contributed by atoms with Crippen LogP contribution in [0.3, 0.4) is 0 Å². The highest BCUT2D eigenvalue weighted by atomic mass is 19.4. The van der Waals surface area contributed by atoms with Crippen molar-refractivity contribution in [3.63, 3.8) is 0 Å². The van der Waals surface area contributed by atoms with Crippen LogP contribution in [0.2, 0.25) is 0 Å². The highest BCUT2D eigenvalue weighted by Gasteiger charge is 2.30. The van der Waals surface area contributed by atoms with Crippen LogP contribution in [0.4, 0.5) is 24.5 Å². The zero-order valence-corrected chi connectivity index (χ0v) is 12.5. The maximum Gasteiger partial charge on any atom is 0.416 e. The summed E-state index contributed by atoms with van der Waals surface area (Å²) in [7, 11) is 0. The lowest BCUT2D eigenvalue weighted by Crippen LogP contribution is -2.05. The van der Waals surface area contributed by atoms with Crippen molar-refractivity contribution in [1.29, 1.82) is 0 Å². The highest BCUT2D eigenvalue weighted by Crippen LogP contribution is 2.32. The van der Waals surface area contributed by atoms with Crippen molar-refractivity contribution >= 4 is 22.3 Å². The minimum Gasteiger partial charge on any atom is -0.355 e. The number of aromatic nitrogens is 1. The molecule has 0 bridgehead atoms. The van der Waals surface area contributed by atoms with Crippen LogP contribution in [0.5, 0.6) is 0 Å². The molecule has 0 fully saturated rings. The molecule has 0 aliphatic rings.